The molecule has 7 heteroatoms. The third kappa shape index (κ3) is 3.63. The van der Waals surface area contributed by atoms with Crippen LogP contribution in [0.25, 0.3) is 10.9 Å². The summed E-state index contributed by atoms with van der Waals surface area (Å²) in [4.78, 5) is 26.3. The van der Waals surface area contributed by atoms with Crippen LogP contribution >= 0.6 is 0 Å². The number of fused-ring (bicyclic) bond motifs is 1. The van der Waals surface area contributed by atoms with Crippen molar-refractivity contribution in [2.75, 3.05) is 13.2 Å². The van der Waals surface area contributed by atoms with E-state index in [1.54, 1.807) is 18.2 Å². The van der Waals surface area contributed by atoms with Gasteiger partial charge >= 0.3 is 5.97 Å². The number of amides is 1. The molecule has 0 saturated carbocycles. The maximum absolute atomic E-state index is 11.8. The first-order chi connectivity index (χ1) is 10.5. The largest absolute Gasteiger partial charge is 0.505 e. The number of pyridine rings is 1. The quantitative estimate of drug-likeness (QED) is 0.747. The summed E-state index contributed by atoms with van der Waals surface area (Å²) in [5.74, 6) is -1.58. The molecule has 0 radical (unpaired) electrons. The number of carbonyl (C=O) groups excluding carboxylic acids is 1. The number of hydrogen-bond acceptors (Lipinski definition) is 5. The predicted molar refractivity (Wildman–Crippen MR) is 79.2 cm³/mol. The van der Waals surface area contributed by atoms with Crippen LogP contribution in [0.5, 0.6) is 11.5 Å². The topological polar surface area (TPSA) is 109 Å². The zero-order chi connectivity index (χ0) is 16.1. The highest BCUT2D eigenvalue weighted by molar-refractivity contribution is 5.99. The van der Waals surface area contributed by atoms with Gasteiger partial charge in [0.25, 0.3) is 5.91 Å². The minimum Gasteiger partial charge on any atom is -0.505 e. The Bertz CT molecular complexity index is 714. The van der Waals surface area contributed by atoms with E-state index in [-0.39, 0.29) is 11.4 Å². The molecule has 22 heavy (non-hydrogen) atoms. The van der Waals surface area contributed by atoms with E-state index in [1.165, 1.54) is 6.07 Å². The second kappa shape index (κ2) is 6.75. The van der Waals surface area contributed by atoms with Crippen LogP contribution < -0.4 is 10.1 Å². The normalized spacial score (nSPS) is 10.4. The maximum atomic E-state index is 11.8. The number of aliphatic carboxylic acids is 1. The van der Waals surface area contributed by atoms with E-state index in [9.17, 15) is 14.7 Å². The molecular formula is C15H16N2O5. The van der Waals surface area contributed by atoms with Crippen LogP contribution in [0.2, 0.25) is 0 Å². The van der Waals surface area contributed by atoms with Crippen molar-refractivity contribution in [2.24, 2.45) is 0 Å². The Balaban J connectivity index is 2.29. The molecular weight excluding hydrogens is 288 g/mol. The predicted octanol–water partition coefficient (Wildman–Crippen LogP) is 1.54. The highest BCUT2D eigenvalue weighted by atomic mass is 16.5. The molecule has 0 atom stereocenters. The molecule has 0 aliphatic heterocycles. The summed E-state index contributed by atoms with van der Waals surface area (Å²) in [6, 6.07) is 6.52. The summed E-state index contributed by atoms with van der Waals surface area (Å²) in [5, 5.41) is 21.2. The molecule has 2 aromatic rings. The van der Waals surface area contributed by atoms with Crippen LogP contribution in [0, 0.1) is 0 Å². The number of aromatic nitrogens is 1. The average Bonchev–Trinajstić information content (AvgIpc) is 2.49. The average molecular weight is 304 g/mol. The number of benzene rings is 1. The maximum Gasteiger partial charge on any atom is 0.322 e. The van der Waals surface area contributed by atoms with E-state index >= 15 is 0 Å². The van der Waals surface area contributed by atoms with Gasteiger partial charge in [-0.3, -0.25) is 9.59 Å². The summed E-state index contributed by atoms with van der Waals surface area (Å²) >= 11 is 0. The van der Waals surface area contributed by atoms with Gasteiger partial charge in [0.05, 0.1) is 12.1 Å². The van der Waals surface area contributed by atoms with Crippen LogP contribution in [0.15, 0.2) is 24.3 Å². The fourth-order valence-electron chi connectivity index (χ4n) is 1.86. The van der Waals surface area contributed by atoms with Crippen molar-refractivity contribution in [2.45, 2.75) is 13.3 Å². The lowest BCUT2D eigenvalue weighted by Crippen LogP contribution is -2.29. The molecule has 0 aliphatic rings. The first-order valence-electron chi connectivity index (χ1n) is 6.78. The van der Waals surface area contributed by atoms with Gasteiger partial charge in [-0.1, -0.05) is 6.92 Å². The number of carboxylic acid groups (broad SMARTS) is 1. The number of hydrogen-bond donors (Lipinski definition) is 3. The molecule has 3 N–H and O–H groups in total. The van der Waals surface area contributed by atoms with Gasteiger partial charge in [-0.25, -0.2) is 4.98 Å². The summed E-state index contributed by atoms with van der Waals surface area (Å²) < 4.78 is 5.49. The van der Waals surface area contributed by atoms with Crippen LogP contribution in [0.4, 0.5) is 0 Å². The molecule has 0 saturated heterocycles. The van der Waals surface area contributed by atoms with E-state index in [4.69, 9.17) is 9.84 Å². The molecule has 0 fully saturated rings. The molecule has 7 nitrogen and oxygen atoms in total. The highest BCUT2D eigenvalue weighted by Gasteiger charge is 2.15. The zero-order valence-corrected chi connectivity index (χ0v) is 12.0. The van der Waals surface area contributed by atoms with E-state index < -0.39 is 18.4 Å². The van der Waals surface area contributed by atoms with Gasteiger partial charge in [0.2, 0.25) is 0 Å². The Hall–Kier alpha value is -2.83. The molecule has 1 aromatic heterocycles. The lowest BCUT2D eigenvalue weighted by Gasteiger charge is -2.08. The summed E-state index contributed by atoms with van der Waals surface area (Å²) in [7, 11) is 0. The van der Waals surface area contributed by atoms with Gasteiger partial charge < -0.3 is 20.3 Å². The van der Waals surface area contributed by atoms with E-state index in [2.05, 4.69) is 10.3 Å². The second-order valence-corrected chi connectivity index (χ2v) is 4.64. The molecule has 1 amide bonds. The van der Waals surface area contributed by atoms with Crippen molar-refractivity contribution in [3.63, 3.8) is 0 Å². The molecule has 116 valence electrons. The minimum absolute atomic E-state index is 0.212. The summed E-state index contributed by atoms with van der Waals surface area (Å²) in [5.41, 5.74) is 0.290. The van der Waals surface area contributed by atoms with Gasteiger partial charge in [-0.15, -0.1) is 0 Å². The van der Waals surface area contributed by atoms with Gasteiger partial charge in [0.1, 0.15) is 18.0 Å². The summed E-state index contributed by atoms with van der Waals surface area (Å²) in [6.45, 7) is 2.04. The molecule has 0 aliphatic carbocycles. The SMILES string of the molecule is CCCOc1ccc2nc(C(=O)NCC(=O)O)c(O)cc2c1. The standard InChI is InChI=1S/C15H16N2O5/c1-2-5-22-10-3-4-11-9(6-10)7-12(18)14(17-11)15(21)16-8-13(19)20/h3-4,6-7,18H,2,5,8H2,1H3,(H,16,21)(H,19,20). The summed E-state index contributed by atoms with van der Waals surface area (Å²) in [6.07, 6.45) is 0.879. The molecule has 0 bridgehead atoms. The van der Waals surface area contributed by atoms with E-state index in [0.717, 1.165) is 6.42 Å². The molecule has 0 spiro atoms. The van der Waals surface area contributed by atoms with E-state index in [1.807, 2.05) is 6.92 Å². The Labute approximate surface area is 126 Å². The van der Waals surface area contributed by atoms with Crippen molar-refractivity contribution in [3.05, 3.63) is 30.0 Å². The zero-order valence-electron chi connectivity index (χ0n) is 12.0. The smallest absolute Gasteiger partial charge is 0.322 e. The number of carbonyl (C=O) groups is 2. The van der Waals surface area contributed by atoms with Crippen LogP contribution in [0.3, 0.4) is 0 Å². The van der Waals surface area contributed by atoms with Crippen LogP contribution in [-0.2, 0) is 4.79 Å². The highest BCUT2D eigenvalue weighted by Crippen LogP contribution is 2.25. The number of carboxylic acids is 1. The Morgan fingerprint density at radius 2 is 2.09 bits per heavy atom. The van der Waals surface area contributed by atoms with Crippen LogP contribution in [0.1, 0.15) is 23.8 Å². The van der Waals surface area contributed by atoms with Gasteiger partial charge in [0, 0.05) is 5.39 Å². The molecule has 0 unspecified atom stereocenters. The van der Waals surface area contributed by atoms with Crippen molar-refractivity contribution in [3.8, 4) is 11.5 Å². The second-order valence-electron chi connectivity index (χ2n) is 4.64. The van der Waals surface area contributed by atoms with Crippen molar-refractivity contribution in [1.29, 1.82) is 0 Å². The number of aromatic hydroxyl groups is 1. The first kappa shape index (κ1) is 15.6. The number of nitrogens with zero attached hydrogens (tertiary/aromatic N) is 1. The molecule has 2 rings (SSSR count). The fourth-order valence-corrected chi connectivity index (χ4v) is 1.86. The van der Waals surface area contributed by atoms with E-state index in [0.29, 0.717) is 23.3 Å². The number of ether oxygens (including phenoxy) is 1. The van der Waals surface area contributed by atoms with Gasteiger partial charge in [0.15, 0.2) is 5.69 Å². The third-order valence-corrected chi connectivity index (χ3v) is 2.85. The molecule has 1 aromatic carbocycles. The van der Waals surface area contributed by atoms with Crippen molar-refractivity contribution < 1.29 is 24.5 Å². The van der Waals surface area contributed by atoms with Crippen LogP contribution in [-0.4, -0.2) is 40.2 Å². The van der Waals surface area contributed by atoms with Crippen molar-refractivity contribution >= 4 is 22.8 Å². The lowest BCUT2D eigenvalue weighted by atomic mass is 10.1. The van der Waals surface area contributed by atoms with Gasteiger partial charge in [-0.05, 0) is 30.7 Å². The fraction of sp³-hybridized carbons (Fsp3) is 0.267. The Kier molecular flexibility index (Phi) is 4.77. The number of rotatable bonds is 6. The monoisotopic (exact) mass is 304 g/mol. The molecule has 1 heterocycles. The lowest BCUT2D eigenvalue weighted by molar-refractivity contribution is -0.135. The van der Waals surface area contributed by atoms with Crippen molar-refractivity contribution in [1.82, 2.24) is 10.3 Å². The third-order valence-electron chi connectivity index (χ3n) is 2.85. The minimum atomic E-state index is -1.17. The first-order valence-corrected chi connectivity index (χ1v) is 6.78. The Morgan fingerprint density at radius 3 is 2.77 bits per heavy atom. The Morgan fingerprint density at radius 1 is 1.32 bits per heavy atom. The van der Waals surface area contributed by atoms with Gasteiger partial charge in [-0.2, -0.15) is 0 Å². The number of nitrogens with one attached hydrogen (secondary N) is 1.